The lowest BCUT2D eigenvalue weighted by atomic mass is 10.1. The number of amides is 1. The van der Waals surface area contributed by atoms with Gasteiger partial charge in [0.15, 0.2) is 0 Å². The number of carbonyl (C=O) groups is 1. The van der Waals surface area contributed by atoms with E-state index >= 15 is 0 Å². The summed E-state index contributed by atoms with van der Waals surface area (Å²) >= 11 is 0. The van der Waals surface area contributed by atoms with Crippen molar-refractivity contribution in [2.24, 2.45) is 0 Å². The molecular weight excluding hydrogens is 364 g/mol. The van der Waals surface area contributed by atoms with Crippen molar-refractivity contribution in [2.45, 2.75) is 34.1 Å². The third-order valence-electron chi connectivity index (χ3n) is 4.74. The lowest BCUT2D eigenvalue weighted by Crippen LogP contribution is -2.22. The van der Waals surface area contributed by atoms with Gasteiger partial charge in [0.05, 0.1) is 0 Å². The number of rotatable bonds is 10. The third kappa shape index (κ3) is 6.71. The fraction of sp³-hybridized carbons (Fsp3) is 0.500. The van der Waals surface area contributed by atoms with Gasteiger partial charge in [-0.15, -0.1) is 0 Å². The molecule has 2 rings (SSSR count). The second-order valence-corrected chi connectivity index (χ2v) is 7.43. The van der Waals surface area contributed by atoms with Crippen molar-refractivity contribution in [1.82, 2.24) is 14.9 Å². The maximum absolute atomic E-state index is 12.8. The topological polar surface area (TPSA) is 73.4 Å². The summed E-state index contributed by atoms with van der Waals surface area (Å²) in [5.41, 5.74) is 4.10. The Balaban J connectivity index is 2.08. The first-order valence-corrected chi connectivity index (χ1v) is 10.2. The molecule has 0 unspecified atom stereocenters. The number of aromatic nitrogens is 2. The van der Waals surface area contributed by atoms with E-state index in [4.69, 9.17) is 0 Å². The zero-order valence-corrected chi connectivity index (χ0v) is 18.5. The van der Waals surface area contributed by atoms with Gasteiger partial charge in [0.25, 0.3) is 5.91 Å². The molecule has 29 heavy (non-hydrogen) atoms. The summed E-state index contributed by atoms with van der Waals surface area (Å²) in [7, 11) is 4.09. The second-order valence-electron chi connectivity index (χ2n) is 7.43. The fourth-order valence-electron chi connectivity index (χ4n) is 3.12. The van der Waals surface area contributed by atoms with Crippen LogP contribution < -0.4 is 15.5 Å². The van der Waals surface area contributed by atoms with Crippen LogP contribution in [0.25, 0.3) is 0 Å². The van der Waals surface area contributed by atoms with Crippen LogP contribution in [-0.4, -0.2) is 61.0 Å². The highest BCUT2D eigenvalue weighted by molar-refractivity contribution is 6.03. The van der Waals surface area contributed by atoms with Crippen molar-refractivity contribution in [1.29, 1.82) is 0 Å². The largest absolute Gasteiger partial charge is 0.372 e. The summed E-state index contributed by atoms with van der Waals surface area (Å²) in [6, 6.07) is 7.80. The van der Waals surface area contributed by atoms with Gasteiger partial charge in [-0.2, -0.15) is 0 Å². The molecule has 0 bridgehead atoms. The predicted octanol–water partition coefficient (Wildman–Crippen LogP) is 3.56. The van der Waals surface area contributed by atoms with Crippen molar-refractivity contribution in [3.63, 3.8) is 0 Å². The van der Waals surface area contributed by atoms with E-state index in [2.05, 4.69) is 50.3 Å². The Hall–Kier alpha value is -2.67. The highest BCUT2D eigenvalue weighted by atomic mass is 16.1. The van der Waals surface area contributed by atoms with E-state index in [1.54, 1.807) is 6.07 Å². The summed E-state index contributed by atoms with van der Waals surface area (Å²) in [5.74, 6) is 0.257. The Labute approximate surface area is 174 Å². The summed E-state index contributed by atoms with van der Waals surface area (Å²) in [5, 5.41) is 6.19. The van der Waals surface area contributed by atoms with Crippen molar-refractivity contribution in [3.05, 3.63) is 41.2 Å². The highest BCUT2D eigenvalue weighted by Gasteiger charge is 2.13. The third-order valence-corrected chi connectivity index (χ3v) is 4.74. The molecule has 0 aliphatic carbocycles. The van der Waals surface area contributed by atoms with Crippen molar-refractivity contribution in [3.8, 4) is 0 Å². The molecule has 1 amide bonds. The van der Waals surface area contributed by atoms with E-state index in [1.807, 2.05) is 40.1 Å². The Morgan fingerprint density at radius 2 is 1.79 bits per heavy atom. The zero-order chi connectivity index (χ0) is 21.4. The summed E-state index contributed by atoms with van der Waals surface area (Å²) in [4.78, 5) is 26.0. The summed E-state index contributed by atoms with van der Waals surface area (Å²) < 4.78 is 0. The smallest absolute Gasteiger partial charge is 0.274 e. The fourth-order valence-corrected chi connectivity index (χ4v) is 3.12. The van der Waals surface area contributed by atoms with E-state index < -0.39 is 0 Å². The molecule has 1 aromatic carbocycles. The lowest BCUT2D eigenvalue weighted by Gasteiger charge is -2.22. The minimum absolute atomic E-state index is 0.231. The van der Waals surface area contributed by atoms with Crippen molar-refractivity contribution >= 4 is 23.2 Å². The van der Waals surface area contributed by atoms with Crippen LogP contribution in [0.5, 0.6) is 0 Å². The molecule has 0 aliphatic heterocycles. The molecule has 0 saturated carbocycles. The van der Waals surface area contributed by atoms with E-state index in [0.717, 1.165) is 55.2 Å². The number of anilines is 3. The van der Waals surface area contributed by atoms with E-state index in [0.29, 0.717) is 11.6 Å². The first kappa shape index (κ1) is 22.6. The molecule has 7 heteroatoms. The minimum atomic E-state index is -0.231. The van der Waals surface area contributed by atoms with Crippen molar-refractivity contribution < 1.29 is 4.79 Å². The molecule has 7 nitrogen and oxygen atoms in total. The molecule has 0 aliphatic rings. The Bertz CT molecular complexity index is 817. The first-order valence-electron chi connectivity index (χ1n) is 10.2. The lowest BCUT2D eigenvalue weighted by molar-refractivity contribution is 0.102. The van der Waals surface area contributed by atoms with E-state index in [1.165, 1.54) is 0 Å². The standard InChI is InChI=1S/C22H34N6O/c1-7-28(8-2)18-10-11-19(16(3)14-18)25-21(29)20-15-17(4)24-22(26-20)23-12-9-13-27(5)6/h10-11,14-15H,7-9,12-13H2,1-6H3,(H,25,29)(H,23,24,26). The Morgan fingerprint density at radius 1 is 1.07 bits per heavy atom. The summed E-state index contributed by atoms with van der Waals surface area (Å²) in [6.45, 7) is 11.8. The van der Waals surface area contributed by atoms with Gasteiger partial charge in [-0.1, -0.05) is 0 Å². The molecule has 158 valence electrons. The second kappa shape index (κ2) is 10.8. The maximum atomic E-state index is 12.8. The minimum Gasteiger partial charge on any atom is -0.372 e. The molecule has 1 heterocycles. The molecule has 0 spiro atoms. The molecule has 0 radical (unpaired) electrons. The van der Waals surface area contributed by atoms with Gasteiger partial charge in [-0.25, -0.2) is 9.97 Å². The van der Waals surface area contributed by atoms with Gasteiger partial charge in [-0.3, -0.25) is 4.79 Å². The molecule has 0 atom stereocenters. The Kier molecular flexibility index (Phi) is 8.39. The summed E-state index contributed by atoms with van der Waals surface area (Å²) in [6.07, 6.45) is 0.976. The van der Waals surface area contributed by atoms with Gasteiger partial charge in [0, 0.05) is 36.7 Å². The van der Waals surface area contributed by atoms with Crippen molar-refractivity contribution in [2.75, 3.05) is 55.8 Å². The quantitative estimate of drug-likeness (QED) is 0.596. The number of carbonyl (C=O) groups excluding carboxylic acids is 1. The van der Waals surface area contributed by atoms with Crippen LogP contribution in [0.15, 0.2) is 24.3 Å². The van der Waals surface area contributed by atoms with Crippen LogP contribution in [0, 0.1) is 13.8 Å². The number of benzene rings is 1. The number of nitrogens with zero attached hydrogens (tertiary/aromatic N) is 4. The van der Waals surface area contributed by atoms with Crippen LogP contribution in [0.2, 0.25) is 0 Å². The Morgan fingerprint density at radius 3 is 2.41 bits per heavy atom. The van der Waals surface area contributed by atoms with Crippen LogP contribution in [0.3, 0.4) is 0 Å². The highest BCUT2D eigenvalue weighted by Crippen LogP contribution is 2.23. The predicted molar refractivity (Wildman–Crippen MR) is 121 cm³/mol. The van der Waals surface area contributed by atoms with Crippen LogP contribution in [-0.2, 0) is 0 Å². The average Bonchev–Trinajstić information content (AvgIpc) is 2.67. The number of nitrogens with one attached hydrogen (secondary N) is 2. The number of hydrogen-bond donors (Lipinski definition) is 2. The monoisotopic (exact) mass is 398 g/mol. The van der Waals surface area contributed by atoms with Gasteiger partial charge in [0.2, 0.25) is 5.95 Å². The number of aryl methyl sites for hydroxylation is 2. The van der Waals surface area contributed by atoms with Crippen LogP contribution in [0.1, 0.15) is 42.0 Å². The van der Waals surface area contributed by atoms with Gasteiger partial charge in [0.1, 0.15) is 5.69 Å². The molecule has 1 aromatic heterocycles. The van der Waals surface area contributed by atoms with Gasteiger partial charge in [-0.05, 0) is 84.6 Å². The van der Waals surface area contributed by atoms with Crippen LogP contribution in [0.4, 0.5) is 17.3 Å². The molecular formula is C22H34N6O. The number of hydrogen-bond acceptors (Lipinski definition) is 6. The molecule has 0 saturated heterocycles. The van der Waals surface area contributed by atoms with Gasteiger partial charge >= 0.3 is 0 Å². The van der Waals surface area contributed by atoms with Gasteiger partial charge < -0.3 is 20.4 Å². The first-order chi connectivity index (χ1) is 13.8. The van der Waals surface area contributed by atoms with Crippen LogP contribution >= 0.6 is 0 Å². The molecule has 0 fully saturated rings. The SMILES string of the molecule is CCN(CC)c1ccc(NC(=O)c2cc(C)nc(NCCCN(C)C)n2)c(C)c1. The molecule has 2 aromatic rings. The average molecular weight is 399 g/mol. The van der Waals surface area contributed by atoms with E-state index in [9.17, 15) is 4.79 Å². The molecule has 2 N–H and O–H groups in total. The zero-order valence-electron chi connectivity index (χ0n) is 18.5. The maximum Gasteiger partial charge on any atom is 0.274 e. The van der Waals surface area contributed by atoms with E-state index in [-0.39, 0.29) is 5.91 Å². The normalized spacial score (nSPS) is 10.9.